The maximum absolute atomic E-state index is 12.8. The van der Waals surface area contributed by atoms with Crippen LogP contribution in [0.15, 0.2) is 0 Å². The Kier molecular flexibility index (Phi) is 3.02. The predicted octanol–water partition coefficient (Wildman–Crippen LogP) is 2.57. The highest BCUT2D eigenvalue weighted by atomic mass is 32.1. The lowest BCUT2D eigenvalue weighted by Gasteiger charge is -2.33. The van der Waals surface area contributed by atoms with E-state index in [0.717, 1.165) is 41.5 Å². The van der Waals surface area contributed by atoms with Crippen LogP contribution in [0.4, 0.5) is 13.2 Å². The molecule has 3 rings (SSSR count). The highest BCUT2D eigenvalue weighted by Crippen LogP contribution is 2.39. The van der Waals surface area contributed by atoms with Gasteiger partial charge in [0.1, 0.15) is 5.01 Å². The number of fused-ring (bicyclic) bond motifs is 1. The third kappa shape index (κ3) is 2.18. The van der Waals surface area contributed by atoms with Crippen molar-refractivity contribution in [1.29, 1.82) is 0 Å². The Morgan fingerprint density at radius 3 is 2.55 bits per heavy atom. The second-order valence-corrected chi connectivity index (χ2v) is 6.42. The van der Waals surface area contributed by atoms with Crippen LogP contribution in [0.1, 0.15) is 43.4 Å². The van der Waals surface area contributed by atoms with Crippen LogP contribution in [0.2, 0.25) is 0 Å². The van der Waals surface area contributed by atoms with Gasteiger partial charge in [0.15, 0.2) is 0 Å². The number of nitrogens with zero attached hydrogens (tertiary/aromatic N) is 4. The molecule has 2 aromatic rings. The zero-order chi connectivity index (χ0) is 14.5. The number of hydrogen-bond donors (Lipinski definition) is 1. The summed E-state index contributed by atoms with van der Waals surface area (Å²) in [6, 6.07) is 0. The van der Waals surface area contributed by atoms with Crippen LogP contribution in [0.3, 0.4) is 0 Å². The van der Waals surface area contributed by atoms with E-state index in [-0.39, 0.29) is 4.96 Å². The highest BCUT2D eigenvalue weighted by molar-refractivity contribution is 7.16. The first-order valence-electron chi connectivity index (χ1n) is 6.38. The topological polar surface area (TPSA) is 69.1 Å². The lowest BCUT2D eigenvalue weighted by atomic mass is 9.78. The van der Waals surface area contributed by atoms with E-state index in [2.05, 4.69) is 22.2 Å². The number of aromatic nitrogens is 4. The molecule has 5 nitrogen and oxygen atoms in total. The van der Waals surface area contributed by atoms with Crippen LogP contribution in [0, 0.1) is 5.92 Å². The third-order valence-corrected chi connectivity index (χ3v) is 4.96. The molecular weight excluding hydrogens is 291 g/mol. The number of rotatable bonds is 1. The average Bonchev–Trinajstić information content (AvgIpc) is 2.91. The van der Waals surface area contributed by atoms with Crippen LogP contribution in [-0.2, 0) is 11.7 Å². The minimum absolute atomic E-state index is 0.135. The largest absolute Gasteiger partial charge is 0.453 e. The fraction of sp³-hybridized carbons (Fsp3) is 0.727. The molecule has 0 spiro atoms. The van der Waals surface area contributed by atoms with E-state index in [1.165, 1.54) is 0 Å². The van der Waals surface area contributed by atoms with Gasteiger partial charge in [-0.3, -0.25) is 0 Å². The molecule has 2 heterocycles. The smallest absolute Gasteiger partial charge is 0.319 e. The molecule has 2 N–H and O–H groups in total. The van der Waals surface area contributed by atoms with E-state index in [9.17, 15) is 13.2 Å². The molecule has 0 aromatic carbocycles. The van der Waals surface area contributed by atoms with Crippen molar-refractivity contribution in [3.05, 3.63) is 10.8 Å². The molecule has 0 saturated heterocycles. The number of alkyl halides is 3. The van der Waals surface area contributed by atoms with Crippen molar-refractivity contribution in [3.63, 3.8) is 0 Å². The average molecular weight is 305 g/mol. The maximum Gasteiger partial charge on any atom is 0.453 e. The summed E-state index contributed by atoms with van der Waals surface area (Å²) in [5.41, 5.74) is 5.69. The number of halogens is 3. The van der Waals surface area contributed by atoms with E-state index in [1.807, 2.05) is 0 Å². The quantitative estimate of drug-likeness (QED) is 0.879. The summed E-state index contributed by atoms with van der Waals surface area (Å²) in [4.78, 5) is 0.135. The van der Waals surface area contributed by atoms with Crippen molar-refractivity contribution in [1.82, 2.24) is 19.8 Å². The van der Waals surface area contributed by atoms with Gasteiger partial charge in [-0.25, -0.2) is 0 Å². The van der Waals surface area contributed by atoms with Crippen LogP contribution in [-0.4, -0.2) is 19.8 Å². The minimum atomic E-state index is -4.56. The zero-order valence-corrected chi connectivity index (χ0v) is 11.6. The van der Waals surface area contributed by atoms with Crippen LogP contribution in [0.25, 0.3) is 4.96 Å². The molecule has 2 aromatic heterocycles. The van der Waals surface area contributed by atoms with Gasteiger partial charge in [-0.1, -0.05) is 18.3 Å². The summed E-state index contributed by atoms with van der Waals surface area (Å²) in [6.45, 7) is 2.15. The van der Waals surface area contributed by atoms with Crippen molar-refractivity contribution in [2.75, 3.05) is 0 Å². The normalized spacial score (nSPS) is 28.1. The molecule has 1 fully saturated rings. The first kappa shape index (κ1) is 13.7. The van der Waals surface area contributed by atoms with Gasteiger partial charge < -0.3 is 5.73 Å². The highest BCUT2D eigenvalue weighted by Gasteiger charge is 2.40. The van der Waals surface area contributed by atoms with Gasteiger partial charge in [0.05, 0.1) is 5.54 Å². The monoisotopic (exact) mass is 305 g/mol. The van der Waals surface area contributed by atoms with Gasteiger partial charge in [0, 0.05) is 0 Å². The standard InChI is InChI=1S/C11H14F3N5S/c1-6-2-4-10(15,5-3-6)8-18-19-7(11(12,13)14)16-17-9(19)20-8/h6H,2-5,15H2,1H3. The molecule has 0 radical (unpaired) electrons. The van der Waals surface area contributed by atoms with Crippen molar-refractivity contribution < 1.29 is 13.2 Å². The molecule has 1 aliphatic rings. The molecular formula is C11H14F3N5S. The Balaban J connectivity index is 1.99. The molecule has 1 aliphatic carbocycles. The molecule has 0 atom stereocenters. The second kappa shape index (κ2) is 4.39. The zero-order valence-electron chi connectivity index (χ0n) is 10.8. The Bertz CT molecular complexity index is 624. The van der Waals surface area contributed by atoms with E-state index in [1.54, 1.807) is 0 Å². The van der Waals surface area contributed by atoms with Crippen molar-refractivity contribution in [3.8, 4) is 0 Å². The molecule has 0 unspecified atom stereocenters. The van der Waals surface area contributed by atoms with Crippen LogP contribution >= 0.6 is 11.3 Å². The first-order chi connectivity index (χ1) is 9.29. The molecule has 1 saturated carbocycles. The molecule has 0 amide bonds. The molecule has 0 aliphatic heterocycles. The minimum Gasteiger partial charge on any atom is -0.319 e. The summed E-state index contributed by atoms with van der Waals surface area (Å²) in [7, 11) is 0. The Morgan fingerprint density at radius 1 is 1.30 bits per heavy atom. The molecule has 9 heteroatoms. The third-order valence-electron chi connectivity index (χ3n) is 3.84. The Morgan fingerprint density at radius 2 is 1.95 bits per heavy atom. The second-order valence-electron chi connectivity index (χ2n) is 5.46. The number of hydrogen-bond acceptors (Lipinski definition) is 5. The summed E-state index contributed by atoms with van der Waals surface area (Å²) >= 11 is 1.09. The summed E-state index contributed by atoms with van der Waals surface area (Å²) < 4.78 is 39.0. The lowest BCUT2D eigenvalue weighted by Crippen LogP contribution is -2.40. The van der Waals surface area contributed by atoms with Gasteiger partial charge in [0.25, 0.3) is 5.82 Å². The molecule has 0 bridgehead atoms. The van der Waals surface area contributed by atoms with E-state index in [0.29, 0.717) is 10.9 Å². The van der Waals surface area contributed by atoms with Gasteiger partial charge in [-0.05, 0) is 31.6 Å². The summed E-state index contributed by atoms with van der Waals surface area (Å²) in [5, 5.41) is 11.2. The first-order valence-corrected chi connectivity index (χ1v) is 7.20. The van der Waals surface area contributed by atoms with Gasteiger partial charge in [-0.2, -0.15) is 22.8 Å². The van der Waals surface area contributed by atoms with Crippen molar-refractivity contribution in [2.24, 2.45) is 11.7 Å². The molecule has 20 heavy (non-hydrogen) atoms. The maximum atomic E-state index is 12.8. The van der Waals surface area contributed by atoms with Gasteiger partial charge in [0.2, 0.25) is 4.96 Å². The summed E-state index contributed by atoms with van der Waals surface area (Å²) in [6.07, 6.45) is -1.17. The predicted molar refractivity (Wildman–Crippen MR) is 67.2 cm³/mol. The fourth-order valence-corrected chi connectivity index (χ4v) is 3.48. The van der Waals surface area contributed by atoms with Gasteiger partial charge >= 0.3 is 6.18 Å². The molecule has 110 valence electrons. The van der Waals surface area contributed by atoms with E-state index >= 15 is 0 Å². The Hall–Kier alpha value is -1.22. The van der Waals surface area contributed by atoms with Crippen molar-refractivity contribution >= 4 is 16.3 Å². The van der Waals surface area contributed by atoms with Gasteiger partial charge in [-0.15, -0.1) is 10.2 Å². The van der Waals surface area contributed by atoms with Crippen molar-refractivity contribution in [2.45, 2.75) is 44.3 Å². The number of nitrogens with two attached hydrogens (primary N) is 1. The lowest BCUT2D eigenvalue weighted by molar-refractivity contribution is -0.146. The van der Waals surface area contributed by atoms with Crippen LogP contribution in [0.5, 0.6) is 0 Å². The Labute approximate surface area is 117 Å². The van der Waals surface area contributed by atoms with E-state index < -0.39 is 17.5 Å². The van der Waals surface area contributed by atoms with E-state index in [4.69, 9.17) is 5.73 Å². The van der Waals surface area contributed by atoms with Crippen LogP contribution < -0.4 is 5.73 Å². The SMILES string of the molecule is CC1CCC(N)(c2nn3c(C(F)(F)F)nnc3s2)CC1. The summed E-state index contributed by atoms with van der Waals surface area (Å²) in [5.74, 6) is -0.495. The fourth-order valence-electron chi connectivity index (χ4n) is 2.49.